The van der Waals surface area contributed by atoms with E-state index in [0.717, 1.165) is 10.4 Å². The van der Waals surface area contributed by atoms with Crippen molar-refractivity contribution in [3.05, 3.63) is 23.8 Å². The Kier molecular flexibility index (Phi) is 4.18. The summed E-state index contributed by atoms with van der Waals surface area (Å²) in [5, 5.41) is 9.16. The zero-order chi connectivity index (χ0) is 15.0. The number of sulfonamides is 1. The third-order valence-electron chi connectivity index (χ3n) is 2.93. The summed E-state index contributed by atoms with van der Waals surface area (Å²) in [6.07, 6.45) is 0. The molecule has 19 heavy (non-hydrogen) atoms. The second-order valence-electron chi connectivity index (χ2n) is 4.75. The Morgan fingerprint density at radius 3 is 2.32 bits per heavy atom. The number of likely N-dealkylation sites (N-methyl/N-ethyl adjacent to an activating group) is 1. The molecule has 0 amide bonds. The first kappa shape index (κ1) is 15.8. The highest BCUT2D eigenvalue weighted by molar-refractivity contribution is 7.89. The van der Waals surface area contributed by atoms with Crippen LogP contribution in [-0.4, -0.2) is 37.0 Å². The van der Waals surface area contributed by atoms with E-state index in [9.17, 15) is 17.2 Å². The van der Waals surface area contributed by atoms with Crippen LogP contribution in [0.25, 0.3) is 0 Å². The Hall–Kier alpha value is -1.25. The molecule has 0 bridgehead atoms. The van der Waals surface area contributed by atoms with Crippen molar-refractivity contribution in [1.82, 2.24) is 4.31 Å². The molecule has 0 aliphatic rings. The van der Waals surface area contributed by atoms with Crippen LogP contribution >= 0.6 is 0 Å². The van der Waals surface area contributed by atoms with Gasteiger partial charge >= 0.3 is 0 Å². The molecule has 1 rings (SSSR count). The predicted molar refractivity (Wildman–Crippen MR) is 66.9 cm³/mol. The van der Waals surface area contributed by atoms with Gasteiger partial charge in [0.25, 0.3) is 0 Å². The van der Waals surface area contributed by atoms with Gasteiger partial charge in [-0.2, -0.15) is 4.31 Å². The zero-order valence-electron chi connectivity index (χ0n) is 10.8. The van der Waals surface area contributed by atoms with Crippen LogP contribution < -0.4 is 5.73 Å². The quantitative estimate of drug-likeness (QED) is 0.809. The number of anilines is 1. The summed E-state index contributed by atoms with van der Waals surface area (Å²) in [7, 11) is -3.03. The van der Waals surface area contributed by atoms with Gasteiger partial charge in [-0.1, -0.05) is 0 Å². The lowest BCUT2D eigenvalue weighted by Gasteiger charge is -2.32. The van der Waals surface area contributed by atoms with E-state index in [4.69, 9.17) is 10.8 Å². The number of aliphatic hydroxyl groups is 1. The normalized spacial score (nSPS) is 13.0. The molecule has 0 fully saturated rings. The molecule has 0 unspecified atom stereocenters. The molecule has 1 aromatic carbocycles. The van der Waals surface area contributed by atoms with Gasteiger partial charge in [0.05, 0.1) is 17.8 Å². The van der Waals surface area contributed by atoms with Crippen molar-refractivity contribution in [3.8, 4) is 0 Å². The van der Waals surface area contributed by atoms with Crippen molar-refractivity contribution in [2.75, 3.05) is 19.4 Å². The lowest BCUT2D eigenvalue weighted by atomic mass is 10.1. The second kappa shape index (κ2) is 5.03. The summed E-state index contributed by atoms with van der Waals surface area (Å²) >= 11 is 0. The highest BCUT2D eigenvalue weighted by Gasteiger charge is 2.35. The first-order valence-electron chi connectivity index (χ1n) is 5.38. The average Bonchev–Trinajstić information content (AvgIpc) is 2.32. The maximum atomic E-state index is 13.6. The molecule has 5 nitrogen and oxygen atoms in total. The molecule has 0 aliphatic heterocycles. The monoisotopic (exact) mass is 294 g/mol. The summed E-state index contributed by atoms with van der Waals surface area (Å²) in [6, 6.07) is 1.14. The fourth-order valence-electron chi connectivity index (χ4n) is 1.31. The summed E-state index contributed by atoms with van der Waals surface area (Å²) in [5.41, 5.74) is 3.66. The Balaban J connectivity index is 3.40. The van der Waals surface area contributed by atoms with Crippen molar-refractivity contribution in [3.63, 3.8) is 0 Å². The molecule has 0 saturated carbocycles. The molecule has 0 aromatic heterocycles. The van der Waals surface area contributed by atoms with Gasteiger partial charge < -0.3 is 10.8 Å². The molecule has 3 N–H and O–H groups in total. The minimum absolute atomic E-state index is 0.419. The van der Waals surface area contributed by atoms with Gasteiger partial charge in [-0.15, -0.1) is 0 Å². The first-order valence-corrected chi connectivity index (χ1v) is 6.82. The van der Waals surface area contributed by atoms with Gasteiger partial charge in [0.1, 0.15) is 16.5 Å². The lowest BCUT2D eigenvalue weighted by molar-refractivity contribution is 0.137. The number of nitrogen functional groups attached to an aromatic ring is 1. The number of halogens is 2. The van der Waals surface area contributed by atoms with Crippen LogP contribution in [0.4, 0.5) is 14.5 Å². The van der Waals surface area contributed by atoms with E-state index >= 15 is 0 Å². The standard InChI is InChI=1S/C11H16F2N2O3S/c1-11(2,6-16)15(3)19(17,18)10-5-9(14)7(12)4-8(10)13/h4-5,16H,6,14H2,1-3H3. The molecule has 108 valence electrons. The van der Waals surface area contributed by atoms with E-state index in [1.54, 1.807) is 0 Å². The SMILES string of the molecule is CN(C(C)(C)CO)S(=O)(=O)c1cc(N)c(F)cc1F. The van der Waals surface area contributed by atoms with Crippen LogP contribution in [0.2, 0.25) is 0 Å². The number of hydrogen-bond donors (Lipinski definition) is 2. The molecule has 0 heterocycles. The Bertz CT molecular complexity index is 588. The van der Waals surface area contributed by atoms with Crippen molar-refractivity contribution in [2.45, 2.75) is 24.3 Å². The molecule has 0 saturated heterocycles. The van der Waals surface area contributed by atoms with Gasteiger partial charge in [0.2, 0.25) is 10.0 Å². The van der Waals surface area contributed by atoms with Crippen molar-refractivity contribution >= 4 is 15.7 Å². The molecule has 8 heteroatoms. The molecule has 0 atom stereocenters. The summed E-state index contributed by atoms with van der Waals surface area (Å²) in [4.78, 5) is -0.726. The molecular formula is C11H16F2N2O3S. The molecule has 1 aromatic rings. The van der Waals surface area contributed by atoms with Crippen LogP contribution in [0, 0.1) is 11.6 Å². The summed E-state index contributed by atoms with van der Waals surface area (Å²) < 4.78 is 51.9. The van der Waals surface area contributed by atoms with E-state index in [0.29, 0.717) is 6.07 Å². The second-order valence-corrected chi connectivity index (χ2v) is 6.68. The van der Waals surface area contributed by atoms with Gasteiger partial charge in [-0.05, 0) is 19.9 Å². The highest BCUT2D eigenvalue weighted by atomic mass is 32.2. The third kappa shape index (κ3) is 2.85. The van der Waals surface area contributed by atoms with Gasteiger partial charge in [0.15, 0.2) is 0 Å². The zero-order valence-corrected chi connectivity index (χ0v) is 11.6. The van der Waals surface area contributed by atoms with Gasteiger partial charge in [-0.3, -0.25) is 0 Å². The molecule has 0 spiro atoms. The van der Waals surface area contributed by atoms with E-state index in [-0.39, 0.29) is 0 Å². The number of rotatable bonds is 4. The van der Waals surface area contributed by atoms with E-state index in [1.165, 1.54) is 20.9 Å². The smallest absolute Gasteiger partial charge is 0.246 e. The van der Waals surface area contributed by atoms with E-state index < -0.39 is 44.4 Å². The number of hydrogen-bond acceptors (Lipinski definition) is 4. The van der Waals surface area contributed by atoms with Crippen LogP contribution in [0.3, 0.4) is 0 Å². The largest absolute Gasteiger partial charge is 0.396 e. The molecule has 0 radical (unpaired) electrons. The van der Waals surface area contributed by atoms with Crippen LogP contribution in [0.1, 0.15) is 13.8 Å². The topological polar surface area (TPSA) is 83.6 Å². The summed E-state index contributed by atoms with van der Waals surface area (Å²) in [5.74, 6) is -2.26. The summed E-state index contributed by atoms with van der Waals surface area (Å²) in [6.45, 7) is 2.48. The molecular weight excluding hydrogens is 278 g/mol. The number of benzene rings is 1. The van der Waals surface area contributed by atoms with E-state index in [1.807, 2.05) is 0 Å². The van der Waals surface area contributed by atoms with Crippen molar-refractivity contribution < 1.29 is 22.3 Å². The fourth-order valence-corrected chi connectivity index (χ4v) is 2.90. The Morgan fingerprint density at radius 1 is 1.32 bits per heavy atom. The maximum absolute atomic E-state index is 13.6. The minimum atomic E-state index is -4.23. The lowest BCUT2D eigenvalue weighted by Crippen LogP contribution is -2.47. The number of nitrogens with zero attached hydrogens (tertiary/aromatic N) is 1. The number of nitrogens with two attached hydrogens (primary N) is 1. The molecule has 0 aliphatic carbocycles. The van der Waals surface area contributed by atoms with Crippen molar-refractivity contribution in [1.29, 1.82) is 0 Å². The highest BCUT2D eigenvalue weighted by Crippen LogP contribution is 2.27. The average molecular weight is 294 g/mol. The number of aliphatic hydroxyl groups excluding tert-OH is 1. The van der Waals surface area contributed by atoms with Crippen molar-refractivity contribution in [2.24, 2.45) is 0 Å². The van der Waals surface area contributed by atoms with Gasteiger partial charge in [-0.25, -0.2) is 17.2 Å². The predicted octanol–water partition coefficient (Wildman–Crippen LogP) is 0.938. The van der Waals surface area contributed by atoms with Crippen LogP contribution in [-0.2, 0) is 10.0 Å². The van der Waals surface area contributed by atoms with Crippen LogP contribution in [0.5, 0.6) is 0 Å². The minimum Gasteiger partial charge on any atom is -0.396 e. The van der Waals surface area contributed by atoms with Gasteiger partial charge in [0, 0.05) is 13.1 Å². The first-order chi connectivity index (χ1) is 8.54. The Morgan fingerprint density at radius 2 is 1.84 bits per heavy atom. The van der Waals surface area contributed by atoms with Crippen LogP contribution in [0.15, 0.2) is 17.0 Å². The fraction of sp³-hybridized carbons (Fsp3) is 0.455. The third-order valence-corrected chi connectivity index (χ3v) is 5.01. The Labute approximate surface area is 110 Å². The maximum Gasteiger partial charge on any atom is 0.246 e. The van der Waals surface area contributed by atoms with E-state index in [2.05, 4.69) is 0 Å².